The van der Waals surface area contributed by atoms with E-state index in [1.165, 1.54) is 81.5 Å². The van der Waals surface area contributed by atoms with Crippen molar-refractivity contribution in [3.63, 3.8) is 0 Å². The number of rotatable bonds is 11. The molecule has 0 amide bonds. The van der Waals surface area contributed by atoms with Crippen molar-refractivity contribution in [2.45, 2.75) is 78.1 Å². The summed E-state index contributed by atoms with van der Waals surface area (Å²) in [5, 5.41) is 0. The van der Waals surface area contributed by atoms with Crippen molar-refractivity contribution in [2.75, 3.05) is 0 Å². The molecule has 0 aromatic carbocycles. The Balaban J connectivity index is 2.18. The zero-order chi connectivity index (χ0) is 17.4. The highest BCUT2D eigenvalue weighted by atomic mass is 79.9. The van der Waals surface area contributed by atoms with E-state index in [2.05, 4.69) is 57.8 Å². The van der Waals surface area contributed by atoms with Gasteiger partial charge in [0.05, 0.1) is 7.57 Å². The molecule has 0 bridgehead atoms. The summed E-state index contributed by atoms with van der Waals surface area (Å²) >= 11 is 11.3. The van der Waals surface area contributed by atoms with Crippen LogP contribution in [0.4, 0.5) is 0 Å². The van der Waals surface area contributed by atoms with Crippen LogP contribution in [0.15, 0.2) is 19.7 Å². The monoisotopic (exact) mass is 490 g/mol. The Morgan fingerprint density at radius 3 is 1.92 bits per heavy atom. The van der Waals surface area contributed by atoms with Crippen molar-refractivity contribution >= 4 is 54.5 Å². The molecule has 0 saturated heterocycles. The zero-order valence-corrected chi connectivity index (χ0v) is 19.6. The summed E-state index contributed by atoms with van der Waals surface area (Å²) in [6, 6.07) is 4.44. The van der Waals surface area contributed by atoms with Crippen LogP contribution in [0.3, 0.4) is 0 Å². The minimum absolute atomic E-state index is 1.23. The lowest BCUT2D eigenvalue weighted by Gasteiger charge is -2.08. The maximum Gasteiger partial charge on any atom is 0.0740 e. The van der Waals surface area contributed by atoms with Gasteiger partial charge in [0.25, 0.3) is 0 Å². The number of unbranched alkanes of at least 4 members (excludes halogenated alkanes) is 6. The standard InChI is InChI=1S/C20H28Br2S2/c1-3-5-7-9-11-15-16(12-10-8-6-4-2)20(22)24-19(15)17-13-14-18(21)23-17/h13-14H,3-12H2,1-2H3. The Bertz CT molecular complexity index is 613. The first-order chi connectivity index (χ1) is 11.7. The third kappa shape index (κ3) is 5.96. The van der Waals surface area contributed by atoms with Gasteiger partial charge in [0.1, 0.15) is 0 Å². The van der Waals surface area contributed by atoms with Crippen LogP contribution >= 0.6 is 54.5 Å². The molecule has 134 valence electrons. The fourth-order valence-corrected chi connectivity index (χ4v) is 6.65. The van der Waals surface area contributed by atoms with Gasteiger partial charge in [-0.3, -0.25) is 0 Å². The number of hydrogen-bond donors (Lipinski definition) is 0. The molecule has 2 heterocycles. The van der Waals surface area contributed by atoms with Crippen molar-refractivity contribution in [3.8, 4) is 9.75 Å². The van der Waals surface area contributed by atoms with Crippen LogP contribution in [0, 0.1) is 0 Å². The molecular formula is C20H28Br2S2. The van der Waals surface area contributed by atoms with Gasteiger partial charge in [0.2, 0.25) is 0 Å². The highest BCUT2D eigenvalue weighted by Crippen LogP contribution is 2.44. The average molecular weight is 492 g/mol. The van der Waals surface area contributed by atoms with E-state index in [1.807, 2.05) is 22.7 Å². The number of hydrogen-bond acceptors (Lipinski definition) is 2. The van der Waals surface area contributed by atoms with E-state index in [9.17, 15) is 0 Å². The van der Waals surface area contributed by atoms with Gasteiger partial charge in [-0.1, -0.05) is 52.4 Å². The van der Waals surface area contributed by atoms with Gasteiger partial charge in [-0.2, -0.15) is 0 Å². The van der Waals surface area contributed by atoms with Gasteiger partial charge in [-0.05, 0) is 80.8 Å². The lowest BCUT2D eigenvalue weighted by Crippen LogP contribution is -1.94. The Morgan fingerprint density at radius 1 is 0.750 bits per heavy atom. The van der Waals surface area contributed by atoms with E-state index in [1.54, 1.807) is 11.1 Å². The molecule has 0 aliphatic heterocycles. The first-order valence-electron chi connectivity index (χ1n) is 9.23. The maximum atomic E-state index is 3.88. The summed E-state index contributed by atoms with van der Waals surface area (Å²) < 4.78 is 2.59. The molecular weight excluding hydrogens is 464 g/mol. The van der Waals surface area contributed by atoms with E-state index in [4.69, 9.17) is 0 Å². The predicted molar refractivity (Wildman–Crippen MR) is 119 cm³/mol. The fraction of sp³-hybridized carbons (Fsp3) is 0.600. The normalized spacial score (nSPS) is 11.3. The number of thiophene rings is 2. The van der Waals surface area contributed by atoms with Gasteiger partial charge in [0, 0.05) is 9.75 Å². The summed E-state index contributed by atoms with van der Waals surface area (Å²) in [6.45, 7) is 4.57. The molecule has 0 saturated carbocycles. The first kappa shape index (κ1) is 20.7. The van der Waals surface area contributed by atoms with Gasteiger partial charge in [0.15, 0.2) is 0 Å². The molecule has 0 nitrogen and oxygen atoms in total. The topological polar surface area (TPSA) is 0 Å². The lowest BCUT2D eigenvalue weighted by molar-refractivity contribution is 0.652. The molecule has 2 aromatic rings. The summed E-state index contributed by atoms with van der Waals surface area (Å²) in [6.07, 6.45) is 13.1. The lowest BCUT2D eigenvalue weighted by atomic mass is 9.98. The SMILES string of the molecule is CCCCCCc1c(Br)sc(-c2ccc(Br)s2)c1CCCCCC. The van der Waals surface area contributed by atoms with Crippen LogP contribution in [-0.4, -0.2) is 0 Å². The quantitative estimate of drug-likeness (QED) is 0.274. The Hall–Kier alpha value is 0.360. The zero-order valence-electron chi connectivity index (χ0n) is 14.8. The fourth-order valence-electron chi connectivity index (χ4n) is 3.07. The van der Waals surface area contributed by atoms with Gasteiger partial charge < -0.3 is 0 Å². The highest BCUT2D eigenvalue weighted by molar-refractivity contribution is 9.11. The van der Waals surface area contributed by atoms with Crippen molar-refractivity contribution in [1.29, 1.82) is 0 Å². The second kappa shape index (κ2) is 11.2. The van der Waals surface area contributed by atoms with E-state index < -0.39 is 0 Å². The molecule has 0 radical (unpaired) electrons. The molecule has 0 unspecified atom stereocenters. The Morgan fingerprint density at radius 2 is 1.38 bits per heavy atom. The van der Waals surface area contributed by atoms with Crippen molar-refractivity contribution in [1.82, 2.24) is 0 Å². The van der Waals surface area contributed by atoms with Crippen LogP contribution < -0.4 is 0 Å². The first-order valence-corrected chi connectivity index (χ1v) is 12.4. The van der Waals surface area contributed by atoms with Crippen LogP contribution in [0.2, 0.25) is 0 Å². The van der Waals surface area contributed by atoms with E-state index in [-0.39, 0.29) is 0 Å². The van der Waals surface area contributed by atoms with Crippen molar-refractivity contribution < 1.29 is 0 Å². The summed E-state index contributed by atoms with van der Waals surface area (Å²) in [4.78, 5) is 2.91. The van der Waals surface area contributed by atoms with Crippen LogP contribution in [0.5, 0.6) is 0 Å². The predicted octanol–water partition coefficient (Wildman–Crippen LogP) is 9.25. The van der Waals surface area contributed by atoms with Gasteiger partial charge >= 0.3 is 0 Å². The molecule has 0 aliphatic rings. The largest absolute Gasteiger partial charge is 0.127 e. The average Bonchev–Trinajstić information content (AvgIpc) is 3.12. The van der Waals surface area contributed by atoms with Crippen molar-refractivity contribution in [2.24, 2.45) is 0 Å². The van der Waals surface area contributed by atoms with Crippen molar-refractivity contribution in [3.05, 3.63) is 30.8 Å². The molecule has 0 fully saturated rings. The second-order valence-corrected chi connectivity index (χ2v) is 11.2. The molecule has 0 atom stereocenters. The third-order valence-corrected chi connectivity index (χ3v) is 8.26. The summed E-state index contributed by atoms with van der Waals surface area (Å²) in [5.74, 6) is 0. The highest BCUT2D eigenvalue weighted by Gasteiger charge is 2.18. The smallest absolute Gasteiger partial charge is 0.0740 e. The van der Waals surface area contributed by atoms with Crippen LogP contribution in [0.1, 0.15) is 76.3 Å². The molecule has 2 aromatic heterocycles. The van der Waals surface area contributed by atoms with E-state index >= 15 is 0 Å². The summed E-state index contributed by atoms with van der Waals surface area (Å²) in [5.41, 5.74) is 3.21. The van der Waals surface area contributed by atoms with Crippen LogP contribution in [-0.2, 0) is 12.8 Å². The second-order valence-electron chi connectivity index (χ2n) is 6.39. The van der Waals surface area contributed by atoms with Gasteiger partial charge in [-0.15, -0.1) is 22.7 Å². The molecule has 24 heavy (non-hydrogen) atoms. The number of halogens is 2. The Labute approximate surface area is 172 Å². The minimum Gasteiger partial charge on any atom is -0.127 e. The molecule has 0 spiro atoms. The minimum atomic E-state index is 1.23. The van der Waals surface area contributed by atoms with E-state index in [0.29, 0.717) is 0 Å². The molecule has 0 N–H and O–H groups in total. The maximum absolute atomic E-state index is 3.88. The third-order valence-electron chi connectivity index (χ3n) is 4.42. The summed E-state index contributed by atoms with van der Waals surface area (Å²) in [7, 11) is 0. The van der Waals surface area contributed by atoms with Crippen LogP contribution in [0.25, 0.3) is 9.75 Å². The molecule has 4 heteroatoms. The Kier molecular flexibility index (Phi) is 9.61. The molecule has 2 rings (SSSR count). The molecule has 0 aliphatic carbocycles. The van der Waals surface area contributed by atoms with Gasteiger partial charge in [-0.25, -0.2) is 0 Å². The van der Waals surface area contributed by atoms with E-state index in [0.717, 1.165) is 0 Å².